The zero-order valence-electron chi connectivity index (χ0n) is 33.7. The Morgan fingerprint density at radius 2 is 1.67 bits per heavy atom. The highest BCUT2D eigenvalue weighted by atomic mass is 32.1. The van der Waals surface area contributed by atoms with E-state index in [2.05, 4.69) is 54.9 Å². The van der Waals surface area contributed by atoms with Crippen LogP contribution in [0, 0.1) is 17.2 Å². The number of anilines is 3. The molecule has 1 unspecified atom stereocenters. The largest absolute Gasteiger partial charge is 0.381 e. The van der Waals surface area contributed by atoms with Crippen molar-refractivity contribution in [2.24, 2.45) is 13.0 Å². The molecule has 3 aromatic carbocycles. The number of carbonyl (C=O) groups is 3. The number of aromatic nitrogens is 3. The topological polar surface area (TPSA) is 161 Å². The van der Waals surface area contributed by atoms with Gasteiger partial charge in [-0.25, -0.2) is 9.78 Å². The molecule has 3 saturated heterocycles. The van der Waals surface area contributed by atoms with Crippen molar-refractivity contribution in [2.45, 2.75) is 44.7 Å². The van der Waals surface area contributed by atoms with Crippen molar-refractivity contribution in [3.63, 3.8) is 0 Å². The van der Waals surface area contributed by atoms with Crippen molar-refractivity contribution >= 4 is 78.1 Å². The van der Waals surface area contributed by atoms with Crippen LogP contribution >= 0.6 is 11.3 Å². The predicted molar refractivity (Wildman–Crippen MR) is 235 cm³/mol. The van der Waals surface area contributed by atoms with Crippen LogP contribution in [-0.4, -0.2) is 95.1 Å². The number of piperidine rings is 2. The normalized spacial score (nSPS) is 20.5. The third kappa shape index (κ3) is 6.73. The lowest BCUT2D eigenvalue weighted by Gasteiger charge is -2.40. The van der Waals surface area contributed by atoms with Crippen LogP contribution in [0.2, 0.25) is 0 Å². The molecule has 0 spiro atoms. The molecule has 3 amide bonds. The summed E-state index contributed by atoms with van der Waals surface area (Å²) in [5.74, 6) is -0.184. The lowest BCUT2D eigenvalue weighted by Crippen LogP contribution is -2.49. The van der Waals surface area contributed by atoms with Crippen LogP contribution in [0.5, 0.6) is 0 Å². The van der Waals surface area contributed by atoms with Crippen molar-refractivity contribution in [2.75, 3.05) is 67.5 Å². The fourth-order valence-electron chi connectivity index (χ4n) is 9.60. The van der Waals surface area contributed by atoms with Gasteiger partial charge in [0.05, 0.1) is 39.6 Å². The Kier molecular flexibility index (Phi) is 9.56. The van der Waals surface area contributed by atoms with E-state index in [-0.39, 0.29) is 30.0 Å². The summed E-state index contributed by atoms with van der Waals surface area (Å²) in [4.78, 5) is 63.7. The Labute approximate surface area is 350 Å². The maximum atomic E-state index is 13.3. The molecular formula is C45H46N10O4S. The smallest absolute Gasteiger partial charge is 0.329 e. The molecule has 0 bridgehead atoms. The molecule has 14 nitrogen and oxygen atoms in total. The highest BCUT2D eigenvalue weighted by molar-refractivity contribution is 7.21. The van der Waals surface area contributed by atoms with Crippen LogP contribution in [0.1, 0.15) is 53.9 Å². The average molecular weight is 823 g/mol. The summed E-state index contributed by atoms with van der Waals surface area (Å²) in [6.07, 6.45) is 2.68. The summed E-state index contributed by atoms with van der Waals surface area (Å²) >= 11 is 1.50. The highest BCUT2D eigenvalue weighted by Gasteiger charge is 2.32. The molecule has 3 fully saturated rings. The predicted octanol–water partition coefficient (Wildman–Crippen LogP) is 5.20. The Hall–Kier alpha value is -6.24. The number of hydrogen-bond donors (Lipinski definition) is 3. The second-order valence-electron chi connectivity index (χ2n) is 16.7. The van der Waals surface area contributed by atoms with Crippen molar-refractivity contribution in [1.29, 1.82) is 5.26 Å². The number of imide groups is 1. The second-order valence-corrected chi connectivity index (χ2v) is 17.8. The van der Waals surface area contributed by atoms with Gasteiger partial charge in [0.1, 0.15) is 10.9 Å². The third-order valence-electron chi connectivity index (χ3n) is 12.9. The fraction of sp³-hybridized carbons (Fsp3) is 0.378. The second kappa shape index (κ2) is 15.1. The van der Waals surface area contributed by atoms with E-state index in [0.717, 1.165) is 113 Å². The van der Waals surface area contributed by atoms with Crippen LogP contribution in [0.25, 0.3) is 43.3 Å². The Balaban J connectivity index is 0.786. The number of piperazine rings is 1. The zero-order valence-corrected chi connectivity index (χ0v) is 34.5. The first-order valence-electron chi connectivity index (χ1n) is 20.9. The van der Waals surface area contributed by atoms with Crippen molar-refractivity contribution in [3.05, 3.63) is 81.6 Å². The minimum atomic E-state index is -0.694. The minimum Gasteiger partial charge on any atom is -0.381 e. The summed E-state index contributed by atoms with van der Waals surface area (Å²) in [7, 11) is 1.74. The number of thiophene rings is 1. The van der Waals surface area contributed by atoms with Gasteiger partial charge in [0.15, 0.2) is 0 Å². The van der Waals surface area contributed by atoms with Crippen molar-refractivity contribution in [3.8, 4) is 17.3 Å². The minimum absolute atomic E-state index is 0.0347. The number of carbonyl (C=O) groups excluding carboxylic acids is 3. The van der Waals surface area contributed by atoms with E-state index in [9.17, 15) is 24.4 Å². The van der Waals surface area contributed by atoms with Gasteiger partial charge >= 0.3 is 5.69 Å². The molecule has 0 saturated carbocycles. The van der Waals surface area contributed by atoms with Crippen LogP contribution in [0.15, 0.2) is 65.5 Å². The van der Waals surface area contributed by atoms with Gasteiger partial charge in [-0.2, -0.15) is 5.26 Å². The number of amides is 3. The van der Waals surface area contributed by atoms with Crippen molar-refractivity contribution < 1.29 is 14.4 Å². The molecule has 4 aliphatic heterocycles. The molecule has 4 aliphatic rings. The van der Waals surface area contributed by atoms with Gasteiger partial charge in [0.25, 0.3) is 5.91 Å². The Morgan fingerprint density at radius 3 is 2.45 bits per heavy atom. The van der Waals surface area contributed by atoms with E-state index in [1.165, 1.54) is 15.9 Å². The van der Waals surface area contributed by atoms with E-state index >= 15 is 0 Å². The van der Waals surface area contributed by atoms with Crippen LogP contribution in [0.3, 0.4) is 0 Å². The number of nitrogens with one attached hydrogen (secondary N) is 3. The Bertz CT molecular complexity index is 2840. The first-order chi connectivity index (χ1) is 29.1. The SMILES string of the molecule is C[C@@H]1CNc2c(sc3ccc4nc(-c5cc(C#N)cc(N6CCN(CC7CCN(c8ccc9c(c8)n(C)c(=O)n9C8CCC(=O)NC8=O)CC7)CC6)c5)ccc4c23)C(=O)N1. The standard InChI is InChI=1S/C45H46N10O4S/c1-26-24-47-41-40-32-4-5-33(49-34(32)6-9-38(40)60-42(41)44(58)48-26)29-19-28(23-46)20-31(21-29)54-17-15-52(16-18-54)25-27-11-13-53(14-12-27)30-3-7-35-37(22-30)51(2)45(59)55(35)36-8-10-39(56)50-43(36)57/h3-7,9,19-22,26-27,36,47H,8,10-18,24-25H2,1-2H3,(H,48,58)(H,50,56,57)/t26-,36?/m1/s1. The summed E-state index contributed by atoms with van der Waals surface area (Å²) in [6, 6.07) is 22.0. The number of pyridine rings is 1. The van der Waals surface area contributed by atoms with Gasteiger partial charge in [-0.3, -0.25) is 33.7 Å². The molecule has 2 atom stereocenters. The monoisotopic (exact) mass is 822 g/mol. The maximum absolute atomic E-state index is 13.3. The number of fused-ring (bicyclic) bond motifs is 6. The Morgan fingerprint density at radius 1 is 0.867 bits per heavy atom. The third-order valence-corrected chi connectivity index (χ3v) is 14.0. The summed E-state index contributed by atoms with van der Waals surface area (Å²) < 4.78 is 4.18. The summed E-state index contributed by atoms with van der Waals surface area (Å²) in [6.45, 7) is 9.19. The first kappa shape index (κ1) is 38.0. The van der Waals surface area contributed by atoms with Crippen LogP contribution in [0.4, 0.5) is 17.1 Å². The molecule has 6 aromatic rings. The van der Waals surface area contributed by atoms with Gasteiger partial charge in [-0.1, -0.05) is 0 Å². The molecule has 3 N–H and O–H groups in total. The molecule has 306 valence electrons. The fourth-order valence-corrected chi connectivity index (χ4v) is 10.7. The molecule has 7 heterocycles. The van der Waals surface area contributed by atoms with E-state index in [4.69, 9.17) is 4.98 Å². The number of benzene rings is 3. The van der Waals surface area contributed by atoms with E-state index in [1.807, 2.05) is 49.4 Å². The lowest BCUT2D eigenvalue weighted by atomic mass is 9.95. The lowest BCUT2D eigenvalue weighted by molar-refractivity contribution is -0.135. The number of hydrogen-bond acceptors (Lipinski definition) is 11. The van der Waals surface area contributed by atoms with Crippen LogP contribution < -0.4 is 31.4 Å². The van der Waals surface area contributed by atoms with Gasteiger partial charge in [0, 0.05) is 104 Å². The van der Waals surface area contributed by atoms with Crippen molar-refractivity contribution in [1.82, 2.24) is 29.7 Å². The first-order valence-corrected chi connectivity index (χ1v) is 21.7. The number of nitriles is 1. The van der Waals surface area contributed by atoms with E-state index in [1.54, 1.807) is 11.6 Å². The van der Waals surface area contributed by atoms with E-state index < -0.39 is 11.9 Å². The molecule has 15 heteroatoms. The zero-order chi connectivity index (χ0) is 41.2. The molecular weight excluding hydrogens is 777 g/mol. The van der Waals surface area contributed by atoms with Gasteiger partial charge in [0.2, 0.25) is 11.8 Å². The van der Waals surface area contributed by atoms with Gasteiger partial charge < -0.3 is 20.4 Å². The maximum Gasteiger partial charge on any atom is 0.329 e. The van der Waals surface area contributed by atoms with Crippen LogP contribution in [-0.2, 0) is 16.6 Å². The highest BCUT2D eigenvalue weighted by Crippen LogP contribution is 2.41. The molecule has 0 aliphatic carbocycles. The number of nitrogens with zero attached hydrogens (tertiary/aromatic N) is 7. The summed E-state index contributed by atoms with van der Waals surface area (Å²) in [5.41, 5.74) is 7.37. The average Bonchev–Trinajstić information content (AvgIpc) is 3.71. The number of imidazole rings is 1. The van der Waals surface area contributed by atoms with Gasteiger partial charge in [-0.05, 0) is 92.8 Å². The molecule has 10 rings (SSSR count). The number of rotatable bonds is 6. The molecule has 60 heavy (non-hydrogen) atoms. The number of aryl methyl sites for hydroxylation is 1. The molecule has 0 radical (unpaired) electrons. The quantitative estimate of drug-likeness (QED) is 0.191. The van der Waals surface area contributed by atoms with E-state index in [0.29, 0.717) is 34.8 Å². The molecule has 3 aromatic heterocycles. The van der Waals surface area contributed by atoms with Gasteiger partial charge in [-0.15, -0.1) is 11.3 Å². The summed E-state index contributed by atoms with van der Waals surface area (Å²) in [5, 5.41) is 21.0.